The molecular formula is C81H142O17P2. The number of hydrogen-bond donors (Lipinski definition) is 3. The number of carbonyl (C=O) groups excluding carboxylic acids is 4. The number of aliphatic hydroxyl groups is 1. The number of phosphoric ester groups is 2. The second-order valence-electron chi connectivity index (χ2n) is 26.3. The Balaban J connectivity index is 5.32. The average molecular weight is 1450 g/mol. The first-order valence-electron chi connectivity index (χ1n) is 39.5. The lowest BCUT2D eigenvalue weighted by atomic mass is 10.1. The molecule has 0 aromatic heterocycles. The van der Waals surface area contributed by atoms with Crippen molar-refractivity contribution in [3.05, 3.63) is 97.2 Å². The summed E-state index contributed by atoms with van der Waals surface area (Å²) in [7, 11) is -9.95. The van der Waals surface area contributed by atoms with Crippen LogP contribution in [0.3, 0.4) is 0 Å². The van der Waals surface area contributed by atoms with Crippen molar-refractivity contribution in [3.63, 3.8) is 0 Å². The molecule has 0 aliphatic rings. The molecule has 3 N–H and O–H groups in total. The Bertz CT molecular complexity index is 2270. The van der Waals surface area contributed by atoms with Gasteiger partial charge in [0.05, 0.1) is 26.4 Å². The van der Waals surface area contributed by atoms with Crippen molar-refractivity contribution in [3.8, 4) is 0 Å². The molecular weight excluding hydrogens is 1310 g/mol. The van der Waals surface area contributed by atoms with E-state index in [1.54, 1.807) is 0 Å². The number of ether oxygens (including phenoxy) is 4. The number of allylic oxidation sites excluding steroid dienone is 16. The van der Waals surface area contributed by atoms with Gasteiger partial charge in [-0.3, -0.25) is 37.3 Å². The van der Waals surface area contributed by atoms with E-state index in [1.807, 2.05) is 0 Å². The normalized spacial score (nSPS) is 14.4. The Morgan fingerprint density at radius 2 is 0.520 bits per heavy atom. The van der Waals surface area contributed by atoms with Crippen LogP contribution >= 0.6 is 15.6 Å². The van der Waals surface area contributed by atoms with E-state index < -0.39 is 97.5 Å². The Labute approximate surface area is 607 Å². The van der Waals surface area contributed by atoms with Gasteiger partial charge in [0.25, 0.3) is 0 Å². The van der Waals surface area contributed by atoms with Crippen LogP contribution < -0.4 is 0 Å². The third-order valence-electron chi connectivity index (χ3n) is 16.5. The van der Waals surface area contributed by atoms with Crippen LogP contribution in [0.2, 0.25) is 0 Å². The molecule has 0 aliphatic carbocycles. The molecule has 0 aliphatic heterocycles. The van der Waals surface area contributed by atoms with Gasteiger partial charge in [-0.15, -0.1) is 0 Å². The van der Waals surface area contributed by atoms with Crippen molar-refractivity contribution < 1.29 is 80.2 Å². The predicted octanol–water partition coefficient (Wildman–Crippen LogP) is 22.8. The van der Waals surface area contributed by atoms with Crippen molar-refractivity contribution in [2.45, 2.75) is 354 Å². The second-order valence-corrected chi connectivity index (χ2v) is 29.2. The van der Waals surface area contributed by atoms with Gasteiger partial charge in [0.1, 0.15) is 19.3 Å². The SMILES string of the molecule is CC/C=C\C/C=C\C/C=C\C/C=C\CCCCCCC(=O)OCC(COP(=O)(O)OCC(O)COP(=O)(O)OCC(COC(=O)CCCCCCCC/C=C\C/C=C\C/C=C\CCCCC)OC(=O)CCCCCCCCCCCCC)OC(=O)CCCCCCC/C=C\CCCCCC. The highest BCUT2D eigenvalue weighted by Crippen LogP contribution is 2.45. The first-order valence-corrected chi connectivity index (χ1v) is 42.5. The molecule has 5 unspecified atom stereocenters. The molecule has 0 heterocycles. The third kappa shape index (κ3) is 72.3. The molecule has 578 valence electrons. The van der Waals surface area contributed by atoms with E-state index in [4.69, 9.17) is 37.0 Å². The van der Waals surface area contributed by atoms with Crippen LogP contribution in [-0.2, 0) is 65.4 Å². The number of carbonyl (C=O) groups is 4. The number of phosphoric acid groups is 2. The van der Waals surface area contributed by atoms with Crippen LogP contribution in [0.25, 0.3) is 0 Å². The quantitative estimate of drug-likeness (QED) is 0.0169. The zero-order valence-corrected chi connectivity index (χ0v) is 64.9. The fraction of sp³-hybridized carbons (Fsp3) is 0.753. The van der Waals surface area contributed by atoms with Gasteiger partial charge in [0.15, 0.2) is 12.2 Å². The number of aliphatic hydroxyl groups excluding tert-OH is 1. The number of rotatable bonds is 74. The molecule has 0 rings (SSSR count). The fourth-order valence-corrected chi connectivity index (χ4v) is 12.1. The van der Waals surface area contributed by atoms with Crippen molar-refractivity contribution in [2.24, 2.45) is 0 Å². The highest BCUT2D eigenvalue weighted by Gasteiger charge is 2.30. The van der Waals surface area contributed by atoms with Crippen molar-refractivity contribution in [1.29, 1.82) is 0 Å². The van der Waals surface area contributed by atoms with Crippen molar-refractivity contribution in [1.82, 2.24) is 0 Å². The van der Waals surface area contributed by atoms with Gasteiger partial charge in [-0.2, -0.15) is 0 Å². The molecule has 0 amide bonds. The molecule has 0 fully saturated rings. The lowest BCUT2D eigenvalue weighted by Crippen LogP contribution is -2.30. The summed E-state index contributed by atoms with van der Waals surface area (Å²) < 4.78 is 68.5. The minimum Gasteiger partial charge on any atom is -0.462 e. The fourth-order valence-electron chi connectivity index (χ4n) is 10.5. The van der Waals surface area contributed by atoms with Gasteiger partial charge < -0.3 is 33.8 Å². The van der Waals surface area contributed by atoms with Crippen LogP contribution in [-0.4, -0.2) is 96.7 Å². The van der Waals surface area contributed by atoms with Gasteiger partial charge in [0, 0.05) is 25.7 Å². The van der Waals surface area contributed by atoms with Gasteiger partial charge in [-0.25, -0.2) is 9.13 Å². The molecule has 17 nitrogen and oxygen atoms in total. The summed E-state index contributed by atoms with van der Waals surface area (Å²) in [6, 6.07) is 0. The molecule has 0 saturated carbocycles. The number of unbranched alkanes of at least 4 members (excludes halogenated alkanes) is 32. The summed E-state index contributed by atoms with van der Waals surface area (Å²) in [5.74, 6) is -2.21. The summed E-state index contributed by atoms with van der Waals surface area (Å²) in [6.45, 7) is 4.69. The van der Waals surface area contributed by atoms with E-state index in [0.717, 1.165) is 173 Å². The van der Waals surface area contributed by atoms with E-state index >= 15 is 0 Å². The maximum Gasteiger partial charge on any atom is 0.472 e. The van der Waals surface area contributed by atoms with Crippen molar-refractivity contribution in [2.75, 3.05) is 39.6 Å². The van der Waals surface area contributed by atoms with E-state index in [0.29, 0.717) is 25.7 Å². The van der Waals surface area contributed by atoms with Crippen molar-refractivity contribution >= 4 is 39.5 Å². The smallest absolute Gasteiger partial charge is 0.462 e. The minimum absolute atomic E-state index is 0.0796. The first kappa shape index (κ1) is 96.0. The maximum atomic E-state index is 13.1. The van der Waals surface area contributed by atoms with Gasteiger partial charge in [0.2, 0.25) is 0 Å². The number of hydrogen-bond acceptors (Lipinski definition) is 15. The monoisotopic (exact) mass is 1450 g/mol. The molecule has 0 radical (unpaired) electrons. The lowest BCUT2D eigenvalue weighted by molar-refractivity contribution is -0.161. The molecule has 5 atom stereocenters. The summed E-state index contributed by atoms with van der Waals surface area (Å²) in [5.41, 5.74) is 0. The van der Waals surface area contributed by atoms with Crippen LogP contribution in [0.1, 0.15) is 336 Å². The largest absolute Gasteiger partial charge is 0.472 e. The molecule has 0 saturated heterocycles. The zero-order valence-electron chi connectivity index (χ0n) is 63.1. The molecule has 0 spiro atoms. The Morgan fingerprint density at radius 3 is 0.840 bits per heavy atom. The van der Waals surface area contributed by atoms with Gasteiger partial charge in [-0.05, 0) is 128 Å². The summed E-state index contributed by atoms with van der Waals surface area (Å²) in [4.78, 5) is 72.9. The Morgan fingerprint density at radius 1 is 0.290 bits per heavy atom. The highest BCUT2D eigenvalue weighted by molar-refractivity contribution is 7.47. The van der Waals surface area contributed by atoms with E-state index in [2.05, 4.69) is 125 Å². The highest BCUT2D eigenvalue weighted by atomic mass is 31.2. The van der Waals surface area contributed by atoms with Gasteiger partial charge >= 0.3 is 39.5 Å². The Hall–Kier alpha value is -4.02. The third-order valence-corrected chi connectivity index (χ3v) is 18.4. The van der Waals surface area contributed by atoms with Gasteiger partial charge in [-0.1, -0.05) is 279 Å². The lowest BCUT2D eigenvalue weighted by Gasteiger charge is -2.21. The van der Waals surface area contributed by atoms with Crippen LogP contribution in [0.4, 0.5) is 0 Å². The second kappa shape index (κ2) is 73.3. The van der Waals surface area contributed by atoms with E-state index in [1.165, 1.54) is 83.5 Å². The molecule has 0 bridgehead atoms. The molecule has 19 heteroatoms. The zero-order chi connectivity index (χ0) is 73.2. The molecule has 100 heavy (non-hydrogen) atoms. The first-order chi connectivity index (χ1) is 48.7. The van der Waals surface area contributed by atoms with Crippen LogP contribution in [0.15, 0.2) is 97.2 Å². The summed E-state index contributed by atoms with van der Waals surface area (Å²) in [6.07, 6.45) is 76.7. The van der Waals surface area contributed by atoms with Crippen LogP contribution in [0, 0.1) is 0 Å². The summed E-state index contributed by atoms with van der Waals surface area (Å²) in [5, 5.41) is 10.6. The minimum atomic E-state index is -4.98. The Kier molecular flexibility index (Phi) is 70.4. The maximum absolute atomic E-state index is 13.1. The molecule has 0 aromatic rings. The van der Waals surface area contributed by atoms with E-state index in [9.17, 15) is 43.2 Å². The topological polar surface area (TPSA) is 237 Å². The van der Waals surface area contributed by atoms with E-state index in [-0.39, 0.29) is 25.7 Å². The standard InChI is InChI=1S/C81H142O17P2/c1-5-9-13-17-21-25-29-32-34-36-37-39-41-44-47-50-54-58-62-66-78(83)91-71-76(97-80(85)67-63-59-55-51-45-28-24-20-16-12-8-4)73-95-99(87,88)93-69-75(82)70-94-100(89,90)96-74-77(98-81(86)68-64-60-56-52-48-42-31-27-23-19-15-11-7-3)72-92-79(84)65-61-57-53-49-46-43-40-38-35-33-30-26-22-18-14-10-6-2/h10,14,21-22,25-27,31-35,37,39-40,43,75-77,82H,5-9,11-13,15-20,23-24,28-30,36,38,41-42,44-74H2,1-4H3,(H,87,88)(H,89,90)/b14-10-,25-21-,26-22-,31-27-,34-32-,35-33-,39-37-,43-40-. The average Bonchev–Trinajstić information content (AvgIpc) is 0.939. The summed E-state index contributed by atoms with van der Waals surface area (Å²) >= 11 is 0. The number of esters is 4. The predicted molar refractivity (Wildman–Crippen MR) is 409 cm³/mol. The molecule has 0 aromatic carbocycles. The van der Waals surface area contributed by atoms with Crippen LogP contribution in [0.5, 0.6) is 0 Å².